The van der Waals surface area contributed by atoms with Crippen LogP contribution in [0, 0.1) is 0 Å². The number of halogens is 3. The lowest BCUT2D eigenvalue weighted by atomic mass is 10.1. The van der Waals surface area contributed by atoms with E-state index in [2.05, 4.69) is 18.3 Å². The van der Waals surface area contributed by atoms with Crippen LogP contribution >= 0.6 is 23.5 Å². The van der Waals surface area contributed by atoms with Crippen LogP contribution in [0.25, 0.3) is 11.0 Å². The summed E-state index contributed by atoms with van der Waals surface area (Å²) in [6.07, 6.45) is -2.25. The van der Waals surface area contributed by atoms with E-state index in [0.717, 1.165) is 39.8 Å². The first-order chi connectivity index (χ1) is 12.0. The molecular formula is C19H18F3NS2. The molecule has 0 atom stereocenters. The van der Waals surface area contributed by atoms with Crippen LogP contribution in [-0.4, -0.2) is 18.8 Å². The Hall–Kier alpha value is -1.37. The van der Waals surface area contributed by atoms with Gasteiger partial charge in [0.15, 0.2) is 0 Å². The monoisotopic (exact) mass is 381 g/mol. The fraction of sp³-hybridized carbons (Fsp3) is 0.263. The molecular weight excluding hydrogens is 363 g/mol. The lowest BCUT2D eigenvalue weighted by Crippen LogP contribution is -2.15. The first kappa shape index (κ1) is 18.4. The summed E-state index contributed by atoms with van der Waals surface area (Å²) in [4.78, 5) is 2.64. The van der Waals surface area contributed by atoms with Gasteiger partial charge in [-0.2, -0.15) is 13.2 Å². The van der Waals surface area contributed by atoms with Crippen LogP contribution in [-0.2, 0) is 6.18 Å². The van der Waals surface area contributed by atoms with Crippen molar-refractivity contribution in [2.24, 2.45) is 0 Å². The molecule has 0 fully saturated rings. The molecule has 1 nitrogen and oxygen atoms in total. The van der Waals surface area contributed by atoms with Crippen molar-refractivity contribution >= 4 is 34.5 Å². The van der Waals surface area contributed by atoms with Crippen molar-refractivity contribution in [3.05, 3.63) is 59.2 Å². The van der Waals surface area contributed by atoms with Gasteiger partial charge in [0.1, 0.15) is 0 Å². The van der Waals surface area contributed by atoms with Gasteiger partial charge in [-0.05, 0) is 36.4 Å². The summed E-state index contributed by atoms with van der Waals surface area (Å²) in [6, 6.07) is 11.9. The number of fused-ring (bicyclic) bond motifs is 2. The summed E-state index contributed by atoms with van der Waals surface area (Å²) in [5.41, 5.74) is 1.31. The Morgan fingerprint density at radius 2 is 1.88 bits per heavy atom. The van der Waals surface area contributed by atoms with Crippen molar-refractivity contribution in [1.29, 1.82) is 0 Å². The number of nitrogens with one attached hydrogen (secondary N) is 1. The molecule has 3 rings (SSSR count). The molecule has 0 unspecified atom stereocenters. The first-order valence-corrected chi connectivity index (χ1v) is 9.83. The summed E-state index contributed by atoms with van der Waals surface area (Å²) in [5.74, 6) is 0.868. The van der Waals surface area contributed by atoms with Gasteiger partial charge in [-0.3, -0.25) is 0 Å². The van der Waals surface area contributed by atoms with E-state index >= 15 is 0 Å². The molecule has 0 spiro atoms. The van der Waals surface area contributed by atoms with Crippen molar-refractivity contribution in [3.63, 3.8) is 0 Å². The van der Waals surface area contributed by atoms with Gasteiger partial charge in [0, 0.05) is 32.6 Å². The smallest absolute Gasteiger partial charge is 0.316 e. The van der Waals surface area contributed by atoms with Gasteiger partial charge >= 0.3 is 6.18 Å². The molecule has 1 aliphatic rings. The van der Waals surface area contributed by atoms with E-state index in [0.29, 0.717) is 4.90 Å². The number of hydrogen-bond donors (Lipinski definition) is 1. The van der Waals surface area contributed by atoms with Gasteiger partial charge in [0.25, 0.3) is 0 Å². The number of alkyl halides is 3. The normalized spacial score (nSPS) is 13.7. The highest BCUT2D eigenvalue weighted by molar-refractivity contribution is 8.08. The Labute approximate surface area is 154 Å². The zero-order chi connectivity index (χ0) is 17.9. The lowest BCUT2D eigenvalue weighted by Gasteiger charge is -2.14. The largest absolute Gasteiger partial charge is 0.416 e. The predicted molar refractivity (Wildman–Crippen MR) is 101 cm³/mol. The topological polar surface area (TPSA) is 12.0 Å². The average molecular weight is 381 g/mol. The molecule has 132 valence electrons. The van der Waals surface area contributed by atoms with Crippen LogP contribution < -0.4 is 5.32 Å². The number of thioether (sulfide) groups is 1. The molecule has 0 saturated heterocycles. The van der Waals surface area contributed by atoms with Crippen molar-refractivity contribution in [2.45, 2.75) is 22.9 Å². The second kappa shape index (κ2) is 7.89. The van der Waals surface area contributed by atoms with Crippen LogP contribution in [0.15, 0.2) is 52.3 Å². The van der Waals surface area contributed by atoms with E-state index in [4.69, 9.17) is 0 Å². The number of hydrogen-bond acceptors (Lipinski definition) is 3. The van der Waals surface area contributed by atoms with E-state index < -0.39 is 11.7 Å². The summed E-state index contributed by atoms with van der Waals surface area (Å²) in [5, 5.41) is 3.27. The quantitative estimate of drug-likeness (QED) is 0.637. The minimum absolute atomic E-state index is 0.602. The Bertz CT molecular complexity index is 784. The fourth-order valence-corrected chi connectivity index (χ4v) is 4.72. The van der Waals surface area contributed by atoms with Crippen LogP contribution in [0.5, 0.6) is 0 Å². The Morgan fingerprint density at radius 1 is 1.08 bits per heavy atom. The van der Waals surface area contributed by atoms with Crippen LogP contribution in [0.2, 0.25) is 0 Å². The van der Waals surface area contributed by atoms with Crippen molar-refractivity contribution in [3.8, 4) is 0 Å². The Morgan fingerprint density at radius 3 is 2.64 bits per heavy atom. The maximum Gasteiger partial charge on any atom is 0.416 e. The second-order valence-corrected chi connectivity index (χ2v) is 7.78. The molecule has 0 aromatic heterocycles. The van der Waals surface area contributed by atoms with Gasteiger partial charge in [0.2, 0.25) is 0 Å². The molecule has 0 aliphatic carbocycles. The summed E-state index contributed by atoms with van der Waals surface area (Å²) < 4.78 is 39.3. The van der Waals surface area contributed by atoms with E-state index in [9.17, 15) is 13.2 Å². The van der Waals surface area contributed by atoms with Crippen LogP contribution in [0.3, 0.4) is 0 Å². The SMILES string of the molecule is CCNCCSC1=Cc2ccccc2Sc2cc(C(F)(F)F)ccc21. The summed E-state index contributed by atoms with van der Waals surface area (Å²) in [7, 11) is 0. The molecule has 1 heterocycles. The van der Waals surface area contributed by atoms with Crippen molar-refractivity contribution in [2.75, 3.05) is 18.8 Å². The standard InChI is InChI=1S/C19H18F3NS2/c1-2-23-9-10-24-17-11-13-5-3-4-6-16(13)25-18-12-14(19(20,21)22)7-8-15(17)18/h3-8,11-12,23H,2,9-10H2,1H3. The average Bonchev–Trinajstić information content (AvgIpc) is 2.73. The zero-order valence-electron chi connectivity index (χ0n) is 13.7. The minimum Gasteiger partial charge on any atom is -0.316 e. The number of benzene rings is 2. The molecule has 1 aliphatic heterocycles. The maximum atomic E-state index is 13.1. The van der Waals surface area contributed by atoms with Crippen molar-refractivity contribution in [1.82, 2.24) is 5.32 Å². The summed E-state index contributed by atoms with van der Waals surface area (Å²) in [6.45, 7) is 3.82. The van der Waals surface area contributed by atoms with E-state index in [-0.39, 0.29) is 0 Å². The predicted octanol–water partition coefficient (Wildman–Crippen LogP) is 6.01. The lowest BCUT2D eigenvalue weighted by molar-refractivity contribution is -0.137. The van der Waals surface area contributed by atoms with Crippen molar-refractivity contribution < 1.29 is 13.2 Å². The van der Waals surface area contributed by atoms with Gasteiger partial charge in [-0.1, -0.05) is 43.0 Å². The summed E-state index contributed by atoms with van der Waals surface area (Å²) >= 11 is 3.07. The third-order valence-electron chi connectivity index (χ3n) is 3.79. The maximum absolute atomic E-state index is 13.1. The molecule has 0 bridgehead atoms. The Kier molecular flexibility index (Phi) is 5.81. The molecule has 0 amide bonds. The minimum atomic E-state index is -4.33. The van der Waals surface area contributed by atoms with Gasteiger partial charge in [-0.25, -0.2) is 0 Å². The highest BCUT2D eigenvalue weighted by Crippen LogP contribution is 2.45. The third kappa shape index (κ3) is 4.43. The van der Waals surface area contributed by atoms with Gasteiger partial charge in [0.05, 0.1) is 5.56 Å². The fourth-order valence-electron chi connectivity index (χ4n) is 2.55. The highest BCUT2D eigenvalue weighted by Gasteiger charge is 2.31. The molecule has 1 N–H and O–H groups in total. The van der Waals surface area contributed by atoms with E-state index in [1.54, 1.807) is 17.8 Å². The molecule has 2 aromatic carbocycles. The van der Waals surface area contributed by atoms with Crippen LogP contribution in [0.1, 0.15) is 23.6 Å². The number of rotatable bonds is 5. The molecule has 0 saturated carbocycles. The van der Waals surface area contributed by atoms with Gasteiger partial charge in [-0.15, -0.1) is 11.8 Å². The van der Waals surface area contributed by atoms with Crippen LogP contribution in [0.4, 0.5) is 13.2 Å². The molecule has 6 heteroatoms. The highest BCUT2D eigenvalue weighted by atomic mass is 32.2. The molecule has 2 aromatic rings. The zero-order valence-corrected chi connectivity index (χ0v) is 15.3. The Balaban J connectivity index is 2.00. The van der Waals surface area contributed by atoms with Gasteiger partial charge < -0.3 is 5.32 Å². The molecule has 0 radical (unpaired) electrons. The molecule has 25 heavy (non-hydrogen) atoms. The third-order valence-corrected chi connectivity index (χ3v) is 5.99. The van der Waals surface area contributed by atoms with E-state index in [1.807, 2.05) is 24.3 Å². The first-order valence-electron chi connectivity index (χ1n) is 8.02. The second-order valence-electron chi connectivity index (χ2n) is 5.56. The van der Waals surface area contributed by atoms with E-state index in [1.165, 1.54) is 23.9 Å².